The number of aromatic nitrogens is 1. The Bertz CT molecular complexity index is 763. The van der Waals surface area contributed by atoms with Crippen molar-refractivity contribution in [2.75, 3.05) is 12.4 Å². The minimum Gasteiger partial charge on any atom is -0.495 e. The van der Waals surface area contributed by atoms with Crippen LogP contribution in [-0.4, -0.2) is 12.1 Å². The van der Waals surface area contributed by atoms with Crippen LogP contribution in [0.4, 0.5) is 5.69 Å². The van der Waals surface area contributed by atoms with Crippen molar-refractivity contribution in [2.45, 2.75) is 13.5 Å². The van der Waals surface area contributed by atoms with Gasteiger partial charge in [0.25, 0.3) is 0 Å². The molecule has 3 heteroatoms. The van der Waals surface area contributed by atoms with Crippen molar-refractivity contribution >= 4 is 16.5 Å². The van der Waals surface area contributed by atoms with Crippen molar-refractivity contribution in [1.29, 1.82) is 0 Å². The van der Waals surface area contributed by atoms with E-state index in [0.717, 1.165) is 16.8 Å². The van der Waals surface area contributed by atoms with E-state index in [2.05, 4.69) is 41.5 Å². The van der Waals surface area contributed by atoms with E-state index >= 15 is 0 Å². The molecule has 0 amide bonds. The number of ether oxygens (including phenoxy) is 1. The van der Waals surface area contributed by atoms with E-state index in [-0.39, 0.29) is 0 Å². The monoisotopic (exact) mass is 278 g/mol. The van der Waals surface area contributed by atoms with Crippen LogP contribution in [0.5, 0.6) is 5.75 Å². The van der Waals surface area contributed by atoms with Crippen LogP contribution in [0, 0.1) is 6.92 Å². The third kappa shape index (κ3) is 2.82. The molecule has 3 aromatic rings. The molecule has 0 fully saturated rings. The van der Waals surface area contributed by atoms with Crippen LogP contribution in [0.2, 0.25) is 0 Å². The second kappa shape index (κ2) is 5.83. The van der Waals surface area contributed by atoms with Gasteiger partial charge < -0.3 is 10.1 Å². The predicted octanol–water partition coefficient (Wildman–Crippen LogP) is 4.16. The summed E-state index contributed by atoms with van der Waals surface area (Å²) < 4.78 is 5.42. The molecule has 0 aliphatic carbocycles. The molecule has 0 saturated heterocycles. The van der Waals surface area contributed by atoms with E-state index in [1.807, 2.05) is 30.6 Å². The van der Waals surface area contributed by atoms with Crippen LogP contribution in [0.15, 0.2) is 54.9 Å². The Balaban J connectivity index is 1.87. The quantitative estimate of drug-likeness (QED) is 0.778. The third-order valence-corrected chi connectivity index (χ3v) is 3.58. The van der Waals surface area contributed by atoms with E-state index in [9.17, 15) is 0 Å². The van der Waals surface area contributed by atoms with Crippen LogP contribution in [0.3, 0.4) is 0 Å². The Morgan fingerprint density at radius 2 is 1.95 bits per heavy atom. The zero-order chi connectivity index (χ0) is 14.7. The highest BCUT2D eigenvalue weighted by Crippen LogP contribution is 2.26. The molecule has 1 heterocycles. The zero-order valence-electron chi connectivity index (χ0n) is 12.3. The van der Waals surface area contributed by atoms with Crippen molar-refractivity contribution in [2.24, 2.45) is 0 Å². The summed E-state index contributed by atoms with van der Waals surface area (Å²) in [5, 5.41) is 5.82. The maximum atomic E-state index is 5.42. The summed E-state index contributed by atoms with van der Waals surface area (Å²) >= 11 is 0. The SMILES string of the molecule is COc1cc(C)ccc1NCc1cncc2ccccc12. The molecule has 0 aliphatic rings. The van der Waals surface area contributed by atoms with Crippen LogP contribution in [0.1, 0.15) is 11.1 Å². The minimum atomic E-state index is 0.716. The summed E-state index contributed by atoms with van der Waals surface area (Å²) in [5.74, 6) is 0.864. The first kappa shape index (κ1) is 13.4. The molecule has 0 atom stereocenters. The van der Waals surface area contributed by atoms with Gasteiger partial charge in [0.05, 0.1) is 12.8 Å². The highest BCUT2D eigenvalue weighted by atomic mass is 16.5. The number of methoxy groups -OCH3 is 1. The van der Waals surface area contributed by atoms with E-state index in [1.165, 1.54) is 16.5 Å². The summed E-state index contributed by atoms with van der Waals surface area (Å²) in [5.41, 5.74) is 3.36. The highest BCUT2D eigenvalue weighted by molar-refractivity contribution is 5.84. The molecule has 1 N–H and O–H groups in total. The fourth-order valence-electron chi connectivity index (χ4n) is 2.45. The van der Waals surface area contributed by atoms with Gasteiger partial charge >= 0.3 is 0 Å². The molecule has 21 heavy (non-hydrogen) atoms. The first-order valence-electron chi connectivity index (χ1n) is 6.98. The summed E-state index contributed by atoms with van der Waals surface area (Å²) in [6, 6.07) is 14.4. The molecule has 0 aliphatic heterocycles. The highest BCUT2D eigenvalue weighted by Gasteiger charge is 2.05. The molecule has 1 aromatic heterocycles. The average molecular weight is 278 g/mol. The summed E-state index contributed by atoms with van der Waals surface area (Å²) in [6.45, 7) is 2.77. The van der Waals surface area contributed by atoms with Gasteiger partial charge in [-0.15, -0.1) is 0 Å². The normalized spacial score (nSPS) is 10.6. The summed E-state index contributed by atoms with van der Waals surface area (Å²) in [4.78, 5) is 4.31. The largest absolute Gasteiger partial charge is 0.495 e. The van der Waals surface area contributed by atoms with Crippen molar-refractivity contribution in [3.05, 3.63) is 66.0 Å². The number of rotatable bonds is 4. The van der Waals surface area contributed by atoms with Crippen molar-refractivity contribution in [3.63, 3.8) is 0 Å². The van der Waals surface area contributed by atoms with Crippen LogP contribution in [0.25, 0.3) is 10.8 Å². The predicted molar refractivity (Wildman–Crippen MR) is 86.8 cm³/mol. The molecule has 0 radical (unpaired) electrons. The number of nitrogens with zero attached hydrogens (tertiary/aromatic N) is 1. The number of nitrogens with one attached hydrogen (secondary N) is 1. The van der Waals surface area contributed by atoms with Crippen LogP contribution >= 0.6 is 0 Å². The van der Waals surface area contributed by atoms with E-state index in [0.29, 0.717) is 6.54 Å². The van der Waals surface area contributed by atoms with E-state index in [1.54, 1.807) is 7.11 Å². The Labute approximate surface area is 124 Å². The molecule has 3 rings (SSSR count). The first-order valence-corrected chi connectivity index (χ1v) is 6.98. The number of pyridine rings is 1. The molecular formula is C18H18N2O. The number of hydrogen-bond donors (Lipinski definition) is 1. The maximum absolute atomic E-state index is 5.42. The van der Waals surface area contributed by atoms with Crippen molar-refractivity contribution < 1.29 is 4.74 Å². The number of aryl methyl sites for hydroxylation is 1. The van der Waals surface area contributed by atoms with Gasteiger partial charge in [-0.05, 0) is 35.6 Å². The van der Waals surface area contributed by atoms with Gasteiger partial charge in [0, 0.05) is 24.3 Å². The van der Waals surface area contributed by atoms with E-state index < -0.39 is 0 Å². The number of hydrogen-bond acceptors (Lipinski definition) is 3. The summed E-state index contributed by atoms with van der Waals surface area (Å²) in [7, 11) is 1.69. The Hall–Kier alpha value is -2.55. The van der Waals surface area contributed by atoms with Crippen LogP contribution in [-0.2, 0) is 6.54 Å². The summed E-state index contributed by atoms with van der Waals surface area (Å²) in [6.07, 6.45) is 3.81. The molecule has 0 saturated carbocycles. The van der Waals surface area contributed by atoms with Gasteiger partial charge in [-0.3, -0.25) is 4.98 Å². The Morgan fingerprint density at radius 3 is 2.81 bits per heavy atom. The van der Waals surface area contributed by atoms with Crippen molar-refractivity contribution in [3.8, 4) is 5.75 Å². The van der Waals surface area contributed by atoms with Crippen molar-refractivity contribution in [1.82, 2.24) is 4.98 Å². The van der Waals surface area contributed by atoms with Gasteiger partial charge in [0.2, 0.25) is 0 Å². The maximum Gasteiger partial charge on any atom is 0.142 e. The molecule has 106 valence electrons. The lowest BCUT2D eigenvalue weighted by Crippen LogP contribution is -2.02. The molecular weight excluding hydrogens is 260 g/mol. The Morgan fingerprint density at radius 1 is 1.10 bits per heavy atom. The lowest BCUT2D eigenvalue weighted by molar-refractivity contribution is 0.416. The molecule has 0 bridgehead atoms. The lowest BCUT2D eigenvalue weighted by Gasteiger charge is -2.13. The second-order valence-electron chi connectivity index (χ2n) is 5.08. The van der Waals surface area contributed by atoms with Crippen LogP contribution < -0.4 is 10.1 Å². The number of fused-ring (bicyclic) bond motifs is 1. The smallest absolute Gasteiger partial charge is 0.142 e. The molecule has 0 spiro atoms. The lowest BCUT2D eigenvalue weighted by atomic mass is 10.1. The fourth-order valence-corrected chi connectivity index (χ4v) is 2.45. The zero-order valence-corrected chi connectivity index (χ0v) is 12.3. The minimum absolute atomic E-state index is 0.716. The second-order valence-corrected chi connectivity index (χ2v) is 5.08. The number of benzene rings is 2. The number of anilines is 1. The average Bonchev–Trinajstić information content (AvgIpc) is 2.53. The van der Waals surface area contributed by atoms with Gasteiger partial charge in [-0.2, -0.15) is 0 Å². The molecule has 3 nitrogen and oxygen atoms in total. The first-order chi connectivity index (χ1) is 10.3. The third-order valence-electron chi connectivity index (χ3n) is 3.58. The van der Waals surface area contributed by atoms with E-state index in [4.69, 9.17) is 4.74 Å². The standard InChI is InChI=1S/C18H18N2O/c1-13-7-8-17(18(9-13)21-2)20-12-15-11-19-10-14-5-3-4-6-16(14)15/h3-11,20H,12H2,1-2H3. The Kier molecular flexibility index (Phi) is 3.73. The molecule has 0 unspecified atom stereocenters. The fraction of sp³-hybridized carbons (Fsp3) is 0.167. The van der Waals surface area contributed by atoms with Gasteiger partial charge in [-0.1, -0.05) is 30.3 Å². The van der Waals surface area contributed by atoms with Gasteiger partial charge in [-0.25, -0.2) is 0 Å². The molecule has 2 aromatic carbocycles. The van der Waals surface area contributed by atoms with Gasteiger partial charge in [0.15, 0.2) is 0 Å². The van der Waals surface area contributed by atoms with Gasteiger partial charge in [0.1, 0.15) is 5.75 Å². The topological polar surface area (TPSA) is 34.1 Å².